The van der Waals surface area contributed by atoms with Gasteiger partial charge in [0.05, 0.1) is 23.7 Å². The van der Waals surface area contributed by atoms with Crippen LogP contribution in [0.25, 0.3) is 11.3 Å². The molecule has 5 rings (SSSR count). The Balaban J connectivity index is 0.000000158. The molecule has 6 heteroatoms. The van der Waals surface area contributed by atoms with Crippen LogP contribution in [0.3, 0.4) is 0 Å². The summed E-state index contributed by atoms with van der Waals surface area (Å²) in [7, 11) is 1.67. The zero-order chi connectivity index (χ0) is 21.7. The molecule has 2 heterocycles. The summed E-state index contributed by atoms with van der Waals surface area (Å²) in [6, 6.07) is 14.4. The molecule has 162 valence electrons. The molecule has 4 nitrogen and oxygen atoms in total. The number of aromatic nitrogens is 1. The van der Waals surface area contributed by atoms with Crippen LogP contribution in [0.4, 0.5) is 4.39 Å². The van der Waals surface area contributed by atoms with Crippen molar-refractivity contribution >= 4 is 17.2 Å². The maximum atomic E-state index is 13.3. The van der Waals surface area contributed by atoms with Gasteiger partial charge in [0.2, 0.25) is 5.91 Å². The molecule has 0 radical (unpaired) electrons. The van der Waals surface area contributed by atoms with Crippen LogP contribution in [0, 0.1) is 5.82 Å². The van der Waals surface area contributed by atoms with Gasteiger partial charge in [0, 0.05) is 24.0 Å². The van der Waals surface area contributed by atoms with Gasteiger partial charge in [-0.05, 0) is 61.9 Å². The number of nitrogens with zero attached hydrogens (tertiary/aromatic N) is 2. The largest absolute Gasteiger partial charge is 0.496 e. The number of halogens is 1. The summed E-state index contributed by atoms with van der Waals surface area (Å²) in [5, 5.41) is 2.01. The number of hydrogen-bond donors (Lipinski definition) is 0. The smallest absolute Gasteiger partial charge is 0.233 e. The van der Waals surface area contributed by atoms with Crippen LogP contribution >= 0.6 is 11.3 Å². The summed E-state index contributed by atoms with van der Waals surface area (Å²) in [5.41, 5.74) is 4.30. The van der Waals surface area contributed by atoms with Crippen LogP contribution in [-0.4, -0.2) is 36.0 Å². The Morgan fingerprint density at radius 3 is 2.52 bits per heavy atom. The summed E-state index contributed by atoms with van der Waals surface area (Å²) in [4.78, 5) is 18.8. The lowest BCUT2D eigenvalue weighted by Gasteiger charge is -2.30. The minimum absolute atomic E-state index is 0.216. The SMILES string of the molecule is COc1ccccc1-c1cscn1.O=C(N1CCCCC1)C1(c2cccc(F)c2)CC1. The molecule has 0 spiro atoms. The second-order valence-electron chi connectivity index (χ2n) is 8.02. The maximum Gasteiger partial charge on any atom is 0.233 e. The monoisotopic (exact) mass is 438 g/mol. The van der Waals surface area contributed by atoms with Gasteiger partial charge < -0.3 is 9.64 Å². The molecule has 2 aliphatic rings. The molecule has 0 N–H and O–H groups in total. The summed E-state index contributed by atoms with van der Waals surface area (Å²) < 4.78 is 18.5. The number of para-hydroxylation sites is 1. The number of hydrogen-bond acceptors (Lipinski definition) is 4. The average molecular weight is 439 g/mol. The Morgan fingerprint density at radius 1 is 1.10 bits per heavy atom. The van der Waals surface area contributed by atoms with E-state index in [0.717, 1.165) is 61.3 Å². The third-order valence-corrected chi connectivity index (χ3v) is 6.58. The van der Waals surface area contributed by atoms with E-state index in [-0.39, 0.29) is 11.7 Å². The highest BCUT2D eigenvalue weighted by Crippen LogP contribution is 2.50. The Kier molecular flexibility index (Phi) is 6.66. The number of carbonyl (C=O) groups is 1. The molecule has 1 saturated carbocycles. The van der Waals surface area contributed by atoms with Gasteiger partial charge in [-0.2, -0.15) is 0 Å². The van der Waals surface area contributed by atoms with Gasteiger partial charge in [-0.15, -0.1) is 11.3 Å². The second-order valence-corrected chi connectivity index (χ2v) is 8.74. The third-order valence-electron chi connectivity index (χ3n) is 6.00. The molecule has 31 heavy (non-hydrogen) atoms. The molecular formula is C25H27FN2O2S. The predicted octanol–water partition coefficient (Wildman–Crippen LogP) is 5.69. The number of rotatable bonds is 4. The first-order chi connectivity index (χ1) is 15.1. The number of amides is 1. The molecule has 1 aliphatic heterocycles. The van der Waals surface area contributed by atoms with E-state index in [4.69, 9.17) is 4.74 Å². The van der Waals surface area contributed by atoms with Gasteiger partial charge in [-0.1, -0.05) is 24.3 Å². The van der Waals surface area contributed by atoms with E-state index in [0.29, 0.717) is 0 Å². The van der Waals surface area contributed by atoms with E-state index in [1.165, 1.54) is 18.6 Å². The molecular weight excluding hydrogens is 411 g/mol. The molecule has 3 aromatic rings. The minimum atomic E-state index is -0.403. The first kappa shape index (κ1) is 21.5. The van der Waals surface area contributed by atoms with Crippen molar-refractivity contribution in [3.8, 4) is 17.0 Å². The molecule has 0 bridgehead atoms. The van der Waals surface area contributed by atoms with Crippen molar-refractivity contribution in [1.82, 2.24) is 9.88 Å². The van der Waals surface area contributed by atoms with Gasteiger partial charge in [-0.3, -0.25) is 4.79 Å². The molecule has 2 aromatic carbocycles. The summed E-state index contributed by atoms with van der Waals surface area (Å²) in [6.07, 6.45) is 5.16. The molecule has 1 saturated heterocycles. The van der Waals surface area contributed by atoms with Crippen LogP contribution in [0.1, 0.15) is 37.7 Å². The first-order valence-electron chi connectivity index (χ1n) is 10.7. The quantitative estimate of drug-likeness (QED) is 0.526. The topological polar surface area (TPSA) is 42.4 Å². The van der Waals surface area contributed by atoms with E-state index >= 15 is 0 Å². The van der Waals surface area contributed by atoms with Crippen LogP contribution in [0.15, 0.2) is 59.4 Å². The van der Waals surface area contributed by atoms with Gasteiger partial charge in [-0.25, -0.2) is 9.37 Å². The van der Waals surface area contributed by atoms with Crippen LogP contribution in [0.2, 0.25) is 0 Å². The molecule has 1 amide bonds. The van der Waals surface area contributed by atoms with E-state index in [1.54, 1.807) is 24.5 Å². The number of carbonyl (C=O) groups excluding carboxylic acids is 1. The highest BCUT2D eigenvalue weighted by Gasteiger charge is 2.53. The third kappa shape index (κ3) is 4.79. The van der Waals surface area contributed by atoms with Crippen molar-refractivity contribution in [2.75, 3.05) is 20.2 Å². The van der Waals surface area contributed by atoms with Crippen molar-refractivity contribution in [1.29, 1.82) is 0 Å². The Bertz CT molecular complexity index is 1010. The Hall–Kier alpha value is -2.73. The van der Waals surface area contributed by atoms with Gasteiger partial charge in [0.25, 0.3) is 0 Å². The highest BCUT2D eigenvalue weighted by molar-refractivity contribution is 7.07. The minimum Gasteiger partial charge on any atom is -0.496 e. The molecule has 0 atom stereocenters. The van der Waals surface area contributed by atoms with E-state index in [9.17, 15) is 9.18 Å². The van der Waals surface area contributed by atoms with Crippen LogP contribution in [0.5, 0.6) is 5.75 Å². The van der Waals surface area contributed by atoms with Crippen molar-refractivity contribution in [3.63, 3.8) is 0 Å². The average Bonchev–Trinajstić information content (AvgIpc) is 3.46. The van der Waals surface area contributed by atoms with Crippen LogP contribution in [-0.2, 0) is 10.2 Å². The van der Waals surface area contributed by atoms with Gasteiger partial charge in [0.1, 0.15) is 11.6 Å². The molecule has 2 fully saturated rings. The lowest BCUT2D eigenvalue weighted by atomic mass is 9.93. The highest BCUT2D eigenvalue weighted by atomic mass is 32.1. The van der Waals surface area contributed by atoms with Gasteiger partial charge in [0.15, 0.2) is 0 Å². The van der Waals surface area contributed by atoms with E-state index in [1.807, 2.05) is 46.1 Å². The number of benzene rings is 2. The number of ether oxygens (including phenoxy) is 1. The predicted molar refractivity (Wildman–Crippen MR) is 122 cm³/mol. The van der Waals surface area contributed by atoms with Crippen molar-refractivity contribution < 1.29 is 13.9 Å². The summed E-state index contributed by atoms with van der Waals surface area (Å²) in [5.74, 6) is 0.839. The molecule has 0 unspecified atom stereocenters. The van der Waals surface area contributed by atoms with E-state index in [2.05, 4.69) is 4.98 Å². The standard InChI is InChI=1S/C15H18FNO.C10H9NOS/c16-13-6-4-5-12(11-13)15(7-8-15)14(18)17-9-2-1-3-10-17;1-12-10-5-3-2-4-8(10)9-6-13-7-11-9/h4-6,11H,1-3,7-10H2;2-7H,1H3. The zero-order valence-corrected chi connectivity index (χ0v) is 18.5. The van der Waals surface area contributed by atoms with Crippen molar-refractivity contribution in [2.24, 2.45) is 0 Å². The fraction of sp³-hybridized carbons (Fsp3) is 0.360. The normalized spacial score (nSPS) is 16.8. The molecule has 1 aliphatic carbocycles. The Labute approximate surface area is 186 Å². The summed E-state index contributed by atoms with van der Waals surface area (Å²) >= 11 is 1.59. The van der Waals surface area contributed by atoms with Crippen molar-refractivity contribution in [3.05, 3.63) is 70.8 Å². The fourth-order valence-electron chi connectivity index (χ4n) is 4.14. The van der Waals surface area contributed by atoms with Crippen molar-refractivity contribution in [2.45, 2.75) is 37.5 Å². The number of piperidine rings is 1. The summed E-state index contributed by atoms with van der Waals surface area (Å²) in [6.45, 7) is 1.74. The number of thiazole rings is 1. The number of likely N-dealkylation sites (tertiary alicyclic amines) is 1. The second kappa shape index (κ2) is 9.60. The molecule has 1 aromatic heterocycles. The number of methoxy groups -OCH3 is 1. The van der Waals surface area contributed by atoms with Crippen LogP contribution < -0.4 is 4.74 Å². The Morgan fingerprint density at radius 2 is 1.87 bits per heavy atom. The van der Waals surface area contributed by atoms with E-state index < -0.39 is 5.41 Å². The fourth-order valence-corrected chi connectivity index (χ4v) is 4.69. The lowest BCUT2D eigenvalue weighted by Crippen LogP contribution is -2.42. The maximum absolute atomic E-state index is 13.3. The van der Waals surface area contributed by atoms with Gasteiger partial charge >= 0.3 is 0 Å². The first-order valence-corrected chi connectivity index (χ1v) is 11.7. The zero-order valence-electron chi connectivity index (χ0n) is 17.7. The lowest BCUT2D eigenvalue weighted by molar-refractivity contribution is -0.134.